The standard InChI is InChI=1S/C26H30FN5O7/c1-26(2,3)39-25(36)32-20(12-15-6-8-17(27)19(30-15)9-10-22(33)34)23-29-13-21(38-23)16-7-5-14(11-18(16)28)31-24(35)37-4/h5-8,11,13,20H,9-10,12,28H2,1-4H3,(H,31,35)(H,32,36)(H,33,34). The molecule has 0 saturated carbocycles. The van der Waals surface area contributed by atoms with Crippen LogP contribution in [-0.2, 0) is 27.1 Å². The van der Waals surface area contributed by atoms with Gasteiger partial charge in [-0.3, -0.25) is 15.1 Å². The largest absolute Gasteiger partial charge is 0.481 e. The number of carboxylic acids is 1. The molecule has 2 aromatic heterocycles. The second-order valence-corrected chi connectivity index (χ2v) is 9.51. The number of nitrogens with zero attached hydrogens (tertiary/aromatic N) is 2. The molecule has 2 amide bonds. The Morgan fingerprint density at radius 3 is 2.56 bits per heavy atom. The van der Waals surface area contributed by atoms with E-state index < -0.39 is 35.6 Å². The number of anilines is 2. The molecule has 208 valence electrons. The van der Waals surface area contributed by atoms with E-state index in [1.165, 1.54) is 31.5 Å². The van der Waals surface area contributed by atoms with Gasteiger partial charge >= 0.3 is 18.2 Å². The van der Waals surface area contributed by atoms with Crippen LogP contribution in [0.5, 0.6) is 0 Å². The Morgan fingerprint density at radius 2 is 1.92 bits per heavy atom. The summed E-state index contributed by atoms with van der Waals surface area (Å²) in [5.74, 6) is -1.31. The Labute approximate surface area is 223 Å². The molecule has 0 fully saturated rings. The highest BCUT2D eigenvalue weighted by Crippen LogP contribution is 2.31. The van der Waals surface area contributed by atoms with Crippen LogP contribution in [-0.4, -0.2) is 45.9 Å². The molecule has 0 aliphatic carbocycles. The molecule has 1 aromatic carbocycles. The van der Waals surface area contributed by atoms with Crippen LogP contribution < -0.4 is 16.4 Å². The van der Waals surface area contributed by atoms with Crippen molar-refractivity contribution in [3.63, 3.8) is 0 Å². The van der Waals surface area contributed by atoms with Crippen LogP contribution in [0.4, 0.5) is 25.4 Å². The topological polar surface area (TPSA) is 179 Å². The summed E-state index contributed by atoms with van der Waals surface area (Å²) < 4.78 is 30.1. The summed E-state index contributed by atoms with van der Waals surface area (Å²) in [6.45, 7) is 5.13. The van der Waals surface area contributed by atoms with Crippen LogP contribution in [0.2, 0.25) is 0 Å². The van der Waals surface area contributed by atoms with Gasteiger partial charge in [0.15, 0.2) is 5.76 Å². The Kier molecular flexibility index (Phi) is 9.07. The number of aromatic nitrogens is 2. The number of pyridine rings is 1. The van der Waals surface area contributed by atoms with E-state index in [1.807, 2.05) is 0 Å². The number of methoxy groups -OCH3 is 1. The van der Waals surface area contributed by atoms with Crippen LogP contribution in [0.25, 0.3) is 11.3 Å². The third-order valence-electron chi connectivity index (χ3n) is 5.23. The fraction of sp³-hybridized carbons (Fsp3) is 0.346. The number of nitrogens with two attached hydrogens (primary N) is 1. The number of nitrogen functional groups attached to an aromatic ring is 1. The monoisotopic (exact) mass is 543 g/mol. The average Bonchev–Trinajstić information content (AvgIpc) is 3.32. The minimum atomic E-state index is -1.08. The van der Waals surface area contributed by atoms with E-state index in [0.717, 1.165) is 0 Å². The fourth-order valence-electron chi connectivity index (χ4n) is 3.51. The molecule has 5 N–H and O–H groups in total. The van der Waals surface area contributed by atoms with Gasteiger partial charge in [-0.2, -0.15) is 0 Å². The number of ether oxygens (including phenoxy) is 2. The molecular formula is C26H30FN5O7. The zero-order chi connectivity index (χ0) is 28.7. The van der Waals surface area contributed by atoms with Gasteiger partial charge in [-0.1, -0.05) is 0 Å². The number of hydrogen-bond donors (Lipinski definition) is 4. The predicted molar refractivity (Wildman–Crippen MR) is 138 cm³/mol. The van der Waals surface area contributed by atoms with Crippen LogP contribution in [0.1, 0.15) is 50.5 Å². The van der Waals surface area contributed by atoms with Crippen LogP contribution in [0.3, 0.4) is 0 Å². The van der Waals surface area contributed by atoms with Crippen molar-refractivity contribution in [3.8, 4) is 11.3 Å². The van der Waals surface area contributed by atoms with E-state index in [-0.39, 0.29) is 42.3 Å². The number of rotatable bonds is 9. The first kappa shape index (κ1) is 28.9. The first-order valence-electron chi connectivity index (χ1n) is 11.9. The number of aryl methyl sites for hydroxylation is 1. The van der Waals surface area contributed by atoms with Crippen molar-refractivity contribution < 1.29 is 37.8 Å². The highest BCUT2D eigenvalue weighted by Gasteiger charge is 2.26. The van der Waals surface area contributed by atoms with Gasteiger partial charge in [-0.05, 0) is 51.1 Å². The number of aliphatic carboxylic acids is 1. The van der Waals surface area contributed by atoms with E-state index in [2.05, 4.69) is 25.3 Å². The zero-order valence-electron chi connectivity index (χ0n) is 21.9. The molecule has 0 aliphatic heterocycles. The molecule has 1 unspecified atom stereocenters. The maximum Gasteiger partial charge on any atom is 0.411 e. The Balaban J connectivity index is 1.89. The lowest BCUT2D eigenvalue weighted by atomic mass is 10.1. The van der Waals surface area contributed by atoms with Gasteiger partial charge in [-0.15, -0.1) is 0 Å². The number of carbonyl (C=O) groups excluding carboxylic acids is 2. The second kappa shape index (κ2) is 12.2. The molecule has 1 atom stereocenters. The molecule has 0 aliphatic rings. The van der Waals surface area contributed by atoms with Gasteiger partial charge in [-0.25, -0.2) is 19.0 Å². The molecule has 13 heteroatoms. The molecule has 0 bridgehead atoms. The molecule has 3 aromatic rings. The fourth-order valence-corrected chi connectivity index (χ4v) is 3.51. The lowest BCUT2D eigenvalue weighted by molar-refractivity contribution is -0.137. The molecule has 0 saturated heterocycles. The second-order valence-electron chi connectivity index (χ2n) is 9.51. The van der Waals surface area contributed by atoms with Gasteiger partial charge in [0.1, 0.15) is 17.5 Å². The van der Waals surface area contributed by atoms with Gasteiger partial charge in [0, 0.05) is 35.5 Å². The summed E-state index contributed by atoms with van der Waals surface area (Å²) in [4.78, 5) is 43.5. The molecule has 0 radical (unpaired) electrons. The zero-order valence-corrected chi connectivity index (χ0v) is 21.9. The third kappa shape index (κ3) is 8.42. The molecule has 2 heterocycles. The van der Waals surface area contributed by atoms with Gasteiger partial charge < -0.3 is 30.0 Å². The van der Waals surface area contributed by atoms with Crippen LogP contribution in [0, 0.1) is 5.82 Å². The first-order valence-corrected chi connectivity index (χ1v) is 11.9. The van der Waals surface area contributed by atoms with Crippen molar-refractivity contribution in [1.29, 1.82) is 0 Å². The summed E-state index contributed by atoms with van der Waals surface area (Å²) in [5.41, 5.74) is 6.92. The summed E-state index contributed by atoms with van der Waals surface area (Å²) in [5, 5.41) is 14.1. The maximum absolute atomic E-state index is 14.2. The predicted octanol–water partition coefficient (Wildman–Crippen LogP) is 4.46. The highest BCUT2D eigenvalue weighted by atomic mass is 19.1. The summed E-state index contributed by atoms with van der Waals surface area (Å²) in [6.07, 6.45) is -0.307. The van der Waals surface area contributed by atoms with Crippen molar-refractivity contribution in [2.45, 2.75) is 51.7 Å². The van der Waals surface area contributed by atoms with E-state index >= 15 is 0 Å². The number of hydrogen-bond acceptors (Lipinski definition) is 9. The van der Waals surface area contributed by atoms with Gasteiger partial charge in [0.25, 0.3) is 0 Å². The van der Waals surface area contributed by atoms with Crippen molar-refractivity contribution >= 4 is 29.5 Å². The number of carbonyl (C=O) groups is 3. The van der Waals surface area contributed by atoms with Crippen molar-refractivity contribution in [2.24, 2.45) is 0 Å². The normalized spacial score (nSPS) is 11.9. The highest BCUT2D eigenvalue weighted by molar-refractivity contribution is 5.87. The number of carboxylic acid groups (broad SMARTS) is 1. The summed E-state index contributed by atoms with van der Waals surface area (Å²) >= 11 is 0. The van der Waals surface area contributed by atoms with Crippen molar-refractivity contribution in [3.05, 3.63) is 59.6 Å². The quantitative estimate of drug-likeness (QED) is 0.281. The Morgan fingerprint density at radius 1 is 1.18 bits per heavy atom. The smallest absolute Gasteiger partial charge is 0.411 e. The Bertz CT molecular complexity index is 1350. The number of oxazole rings is 1. The Hall–Kier alpha value is -4.68. The minimum Gasteiger partial charge on any atom is -0.481 e. The average molecular weight is 544 g/mol. The lowest BCUT2D eigenvalue weighted by Gasteiger charge is -2.22. The lowest BCUT2D eigenvalue weighted by Crippen LogP contribution is -2.36. The third-order valence-corrected chi connectivity index (χ3v) is 5.23. The minimum absolute atomic E-state index is 0.00700. The number of amides is 2. The number of halogens is 1. The molecule has 12 nitrogen and oxygen atoms in total. The maximum atomic E-state index is 14.2. The van der Waals surface area contributed by atoms with Crippen LogP contribution in [0.15, 0.2) is 40.9 Å². The van der Waals surface area contributed by atoms with Crippen LogP contribution >= 0.6 is 0 Å². The van der Waals surface area contributed by atoms with Crippen molar-refractivity contribution in [2.75, 3.05) is 18.2 Å². The number of alkyl carbamates (subject to hydrolysis) is 1. The van der Waals surface area contributed by atoms with Gasteiger partial charge in [0.05, 0.1) is 25.4 Å². The van der Waals surface area contributed by atoms with E-state index in [4.69, 9.17) is 20.0 Å². The summed E-state index contributed by atoms with van der Waals surface area (Å²) in [7, 11) is 1.24. The summed E-state index contributed by atoms with van der Waals surface area (Å²) in [6, 6.07) is 6.49. The van der Waals surface area contributed by atoms with E-state index in [1.54, 1.807) is 32.9 Å². The first-order chi connectivity index (χ1) is 18.3. The molecular weight excluding hydrogens is 513 g/mol. The van der Waals surface area contributed by atoms with E-state index in [9.17, 15) is 18.8 Å². The number of benzene rings is 1. The van der Waals surface area contributed by atoms with Crippen molar-refractivity contribution in [1.82, 2.24) is 15.3 Å². The SMILES string of the molecule is COC(=O)Nc1ccc(-c2cnc(C(Cc3ccc(F)c(CCC(=O)O)n3)NC(=O)OC(C)(C)C)o2)c(N)c1. The molecule has 39 heavy (non-hydrogen) atoms. The molecule has 3 rings (SSSR count). The van der Waals surface area contributed by atoms with Gasteiger partial charge in [0.2, 0.25) is 5.89 Å². The van der Waals surface area contributed by atoms with E-state index in [0.29, 0.717) is 16.9 Å². The number of nitrogens with one attached hydrogen (secondary N) is 2. The molecule has 0 spiro atoms.